The van der Waals surface area contributed by atoms with E-state index in [0.29, 0.717) is 29.7 Å². The fourth-order valence-electron chi connectivity index (χ4n) is 4.23. The van der Waals surface area contributed by atoms with Gasteiger partial charge < -0.3 is 14.6 Å². The van der Waals surface area contributed by atoms with Crippen molar-refractivity contribution in [2.75, 3.05) is 6.54 Å². The number of halogens is 3. The SMILES string of the molecule is CC1(C)CCc2cc(S(=O)(=O)N(CC(=O)O)Cc3ccc(-c4ccccc4OC(F)(F)F)cc3)ccc2O1. The van der Waals surface area contributed by atoms with Crippen molar-refractivity contribution in [2.24, 2.45) is 0 Å². The van der Waals surface area contributed by atoms with Crippen LogP contribution in [-0.4, -0.2) is 42.3 Å². The third-order valence-corrected chi connectivity index (χ3v) is 7.89. The molecule has 0 saturated carbocycles. The largest absolute Gasteiger partial charge is 0.573 e. The van der Waals surface area contributed by atoms with Crippen LogP contribution in [0, 0.1) is 0 Å². The molecule has 1 aliphatic heterocycles. The number of carboxylic acid groups (broad SMARTS) is 1. The van der Waals surface area contributed by atoms with Gasteiger partial charge in [0.2, 0.25) is 10.0 Å². The molecule has 4 rings (SSSR count). The number of sulfonamides is 1. The predicted octanol–water partition coefficient (Wildman–Crippen LogP) is 5.63. The highest BCUT2D eigenvalue weighted by Crippen LogP contribution is 2.36. The zero-order valence-corrected chi connectivity index (χ0v) is 21.5. The van der Waals surface area contributed by atoms with Gasteiger partial charge in [0.25, 0.3) is 0 Å². The number of para-hydroxylation sites is 1. The number of carbonyl (C=O) groups is 1. The van der Waals surface area contributed by atoms with E-state index in [1.165, 1.54) is 54.6 Å². The Hall–Kier alpha value is -3.57. The van der Waals surface area contributed by atoms with Gasteiger partial charge in [-0.1, -0.05) is 42.5 Å². The second-order valence-electron chi connectivity index (χ2n) is 9.54. The number of nitrogens with zero attached hydrogens (tertiary/aromatic N) is 1. The van der Waals surface area contributed by atoms with Crippen molar-refractivity contribution in [2.45, 2.75) is 50.1 Å². The number of fused-ring (bicyclic) bond motifs is 1. The molecule has 7 nitrogen and oxygen atoms in total. The van der Waals surface area contributed by atoms with E-state index in [1.54, 1.807) is 12.1 Å². The van der Waals surface area contributed by atoms with Crippen molar-refractivity contribution in [1.29, 1.82) is 0 Å². The molecule has 0 aromatic heterocycles. The maximum Gasteiger partial charge on any atom is 0.573 e. The summed E-state index contributed by atoms with van der Waals surface area (Å²) in [6, 6.07) is 16.3. The second kappa shape index (κ2) is 10.3. The molecule has 0 bridgehead atoms. The van der Waals surface area contributed by atoms with Gasteiger partial charge >= 0.3 is 12.3 Å². The molecule has 202 valence electrons. The zero-order chi connectivity index (χ0) is 27.7. The maximum atomic E-state index is 13.5. The maximum absolute atomic E-state index is 13.5. The molecule has 0 saturated heterocycles. The first-order chi connectivity index (χ1) is 17.7. The van der Waals surface area contributed by atoms with Crippen LogP contribution < -0.4 is 9.47 Å². The Kier molecular flexibility index (Phi) is 7.44. The molecule has 38 heavy (non-hydrogen) atoms. The van der Waals surface area contributed by atoms with Crippen molar-refractivity contribution in [3.63, 3.8) is 0 Å². The first-order valence-electron chi connectivity index (χ1n) is 11.7. The average molecular weight is 550 g/mol. The van der Waals surface area contributed by atoms with E-state index in [9.17, 15) is 31.5 Å². The molecule has 0 aliphatic carbocycles. The van der Waals surface area contributed by atoms with E-state index in [0.717, 1.165) is 9.87 Å². The molecule has 0 amide bonds. The topological polar surface area (TPSA) is 93.1 Å². The third-order valence-electron chi connectivity index (χ3n) is 6.10. The highest BCUT2D eigenvalue weighted by Gasteiger charge is 2.33. The van der Waals surface area contributed by atoms with Crippen LogP contribution in [0.15, 0.2) is 71.6 Å². The number of alkyl halides is 3. The summed E-state index contributed by atoms with van der Waals surface area (Å²) in [5.74, 6) is -1.11. The summed E-state index contributed by atoms with van der Waals surface area (Å²) in [5.41, 5.74) is 1.43. The Labute approximate surface area is 218 Å². The van der Waals surface area contributed by atoms with Crippen molar-refractivity contribution < 1.29 is 41.0 Å². The fourth-order valence-corrected chi connectivity index (χ4v) is 5.66. The van der Waals surface area contributed by atoms with Crippen molar-refractivity contribution in [3.8, 4) is 22.6 Å². The lowest BCUT2D eigenvalue weighted by Crippen LogP contribution is -2.36. The van der Waals surface area contributed by atoms with Gasteiger partial charge in [-0.25, -0.2) is 8.42 Å². The van der Waals surface area contributed by atoms with Crippen LogP contribution in [0.25, 0.3) is 11.1 Å². The highest BCUT2D eigenvalue weighted by atomic mass is 32.2. The Balaban J connectivity index is 1.59. The molecule has 0 atom stereocenters. The van der Waals surface area contributed by atoms with Gasteiger partial charge in [-0.3, -0.25) is 4.79 Å². The minimum atomic E-state index is -4.86. The Morgan fingerprint density at radius 1 is 1.08 bits per heavy atom. The quantitative estimate of drug-likeness (QED) is 0.392. The molecule has 3 aromatic carbocycles. The Morgan fingerprint density at radius 3 is 2.42 bits per heavy atom. The molecule has 3 aromatic rings. The van der Waals surface area contributed by atoms with Gasteiger partial charge in [-0.05, 0) is 67.6 Å². The lowest BCUT2D eigenvalue weighted by atomic mass is 9.94. The number of rotatable bonds is 8. The Bertz CT molecular complexity index is 1440. The van der Waals surface area contributed by atoms with Crippen LogP contribution >= 0.6 is 0 Å². The third kappa shape index (κ3) is 6.46. The summed E-state index contributed by atoms with van der Waals surface area (Å²) in [7, 11) is -4.19. The van der Waals surface area contributed by atoms with Crippen LogP contribution in [0.3, 0.4) is 0 Å². The minimum Gasteiger partial charge on any atom is -0.488 e. The molecule has 0 unspecified atom stereocenters. The summed E-state index contributed by atoms with van der Waals surface area (Å²) in [4.78, 5) is 11.5. The fraction of sp³-hybridized carbons (Fsp3) is 0.296. The molecular formula is C27H26F3NO6S. The molecule has 11 heteroatoms. The van der Waals surface area contributed by atoms with Crippen LogP contribution in [0.2, 0.25) is 0 Å². The van der Waals surface area contributed by atoms with E-state index >= 15 is 0 Å². The molecule has 0 spiro atoms. The predicted molar refractivity (Wildman–Crippen MR) is 133 cm³/mol. The number of aliphatic carboxylic acids is 1. The summed E-state index contributed by atoms with van der Waals surface area (Å²) < 4.78 is 76.1. The van der Waals surface area contributed by atoms with Crippen molar-refractivity contribution in [3.05, 3.63) is 77.9 Å². The van der Waals surface area contributed by atoms with Crippen LogP contribution in [0.5, 0.6) is 11.5 Å². The zero-order valence-electron chi connectivity index (χ0n) is 20.7. The van der Waals surface area contributed by atoms with Crippen molar-refractivity contribution in [1.82, 2.24) is 4.31 Å². The smallest absolute Gasteiger partial charge is 0.488 e. The van der Waals surface area contributed by atoms with Gasteiger partial charge in [0.1, 0.15) is 23.6 Å². The van der Waals surface area contributed by atoms with E-state index in [1.807, 2.05) is 13.8 Å². The minimum absolute atomic E-state index is 0.0457. The lowest BCUT2D eigenvalue weighted by molar-refractivity contribution is -0.274. The number of ether oxygens (including phenoxy) is 2. The number of hydrogen-bond donors (Lipinski definition) is 1. The average Bonchev–Trinajstić information content (AvgIpc) is 2.82. The summed E-state index contributed by atoms with van der Waals surface area (Å²) in [6.45, 7) is 2.87. The first kappa shape index (κ1) is 27.5. The van der Waals surface area contributed by atoms with E-state index in [2.05, 4.69) is 4.74 Å². The standard InChI is InChI=1S/C27H26F3NO6S/c1-26(2)14-13-20-15-21(11-12-23(20)36-26)38(34,35)31(17-25(32)33)16-18-7-9-19(10-8-18)22-5-3-4-6-24(22)37-27(28,29)30/h3-12,15H,13-14,16-17H2,1-2H3,(H,32,33). The summed E-state index contributed by atoms with van der Waals surface area (Å²) >= 11 is 0. The number of aryl methyl sites for hydroxylation is 1. The number of benzene rings is 3. The Morgan fingerprint density at radius 2 is 1.76 bits per heavy atom. The van der Waals surface area contributed by atoms with Crippen LogP contribution in [-0.2, 0) is 27.8 Å². The van der Waals surface area contributed by atoms with Gasteiger partial charge in [-0.15, -0.1) is 13.2 Å². The van der Waals surface area contributed by atoms with E-state index in [-0.39, 0.29) is 28.4 Å². The molecule has 0 radical (unpaired) electrons. The number of carboxylic acids is 1. The monoisotopic (exact) mass is 549 g/mol. The van der Waals surface area contributed by atoms with Gasteiger partial charge in [0.05, 0.1) is 4.90 Å². The van der Waals surface area contributed by atoms with Gasteiger partial charge in [0.15, 0.2) is 0 Å². The summed E-state index contributed by atoms with van der Waals surface area (Å²) in [6.07, 6.45) is -3.54. The second-order valence-corrected chi connectivity index (χ2v) is 11.5. The molecule has 1 aliphatic rings. The van der Waals surface area contributed by atoms with Crippen molar-refractivity contribution >= 4 is 16.0 Å². The van der Waals surface area contributed by atoms with Crippen LogP contribution in [0.4, 0.5) is 13.2 Å². The lowest BCUT2D eigenvalue weighted by Gasteiger charge is -2.33. The van der Waals surface area contributed by atoms with Gasteiger partial charge in [-0.2, -0.15) is 4.31 Å². The van der Waals surface area contributed by atoms with Crippen LogP contribution in [0.1, 0.15) is 31.4 Å². The molecule has 0 fully saturated rings. The normalized spacial score (nSPS) is 15.0. The summed E-state index contributed by atoms with van der Waals surface area (Å²) in [5, 5.41) is 9.41. The molecule has 1 heterocycles. The first-order valence-corrected chi connectivity index (χ1v) is 13.2. The highest BCUT2D eigenvalue weighted by molar-refractivity contribution is 7.89. The van der Waals surface area contributed by atoms with Gasteiger partial charge in [0, 0.05) is 12.1 Å². The van der Waals surface area contributed by atoms with E-state index in [4.69, 9.17) is 4.74 Å². The van der Waals surface area contributed by atoms with E-state index < -0.39 is 28.9 Å². The number of hydrogen-bond acceptors (Lipinski definition) is 5. The molecule has 1 N–H and O–H groups in total. The molecular weight excluding hydrogens is 523 g/mol.